The summed E-state index contributed by atoms with van der Waals surface area (Å²) in [6, 6.07) is 19.6. The molecule has 0 saturated carbocycles. The number of pyridine rings is 1. The zero-order valence-electron chi connectivity index (χ0n) is 21.2. The number of fused-ring (bicyclic) bond motifs is 1. The number of aromatic nitrogens is 5. The summed E-state index contributed by atoms with van der Waals surface area (Å²) in [7, 11) is 1.63. The Balaban J connectivity index is 1.52. The minimum Gasteiger partial charge on any atom is -0.497 e. The molecule has 0 amide bonds. The smallest absolute Gasteiger partial charge is 0.252 e. The van der Waals surface area contributed by atoms with Gasteiger partial charge < -0.3 is 14.1 Å². The fourth-order valence-electron chi connectivity index (χ4n) is 4.61. The first-order valence-electron chi connectivity index (χ1n) is 12.3. The Kier molecular flexibility index (Phi) is 7.14. The van der Waals surface area contributed by atoms with Crippen LogP contribution in [0.15, 0.2) is 76.1 Å². The molecule has 0 bridgehead atoms. The molecule has 190 valence electrons. The van der Waals surface area contributed by atoms with Crippen LogP contribution in [0.2, 0.25) is 0 Å². The average Bonchev–Trinajstić information content (AvgIpc) is 3.59. The van der Waals surface area contributed by atoms with E-state index in [1.54, 1.807) is 18.1 Å². The Labute approximate surface area is 214 Å². The van der Waals surface area contributed by atoms with Gasteiger partial charge in [0.05, 0.1) is 19.4 Å². The summed E-state index contributed by atoms with van der Waals surface area (Å²) in [5.41, 5.74) is 3.67. The van der Waals surface area contributed by atoms with Crippen molar-refractivity contribution in [3.63, 3.8) is 0 Å². The lowest BCUT2D eigenvalue weighted by molar-refractivity contribution is 0.161. The van der Waals surface area contributed by atoms with E-state index in [0.29, 0.717) is 25.2 Å². The molecule has 0 saturated heterocycles. The number of nitrogens with zero attached hydrogens (tertiary/aromatic N) is 5. The van der Waals surface area contributed by atoms with Crippen molar-refractivity contribution in [3.05, 3.63) is 106 Å². The first-order valence-corrected chi connectivity index (χ1v) is 12.3. The average molecular weight is 499 g/mol. The summed E-state index contributed by atoms with van der Waals surface area (Å²) in [4.78, 5) is 18.4. The van der Waals surface area contributed by atoms with Gasteiger partial charge in [0.2, 0.25) is 0 Å². The Morgan fingerprint density at radius 3 is 2.68 bits per heavy atom. The highest BCUT2D eigenvalue weighted by molar-refractivity contribution is 5.80. The molecule has 2 aromatic carbocycles. The molecule has 1 atom stereocenters. The third-order valence-electron chi connectivity index (χ3n) is 6.58. The maximum Gasteiger partial charge on any atom is 0.252 e. The molecule has 9 nitrogen and oxygen atoms in total. The maximum absolute atomic E-state index is 13.1. The number of H-pyrrole nitrogens is 1. The summed E-state index contributed by atoms with van der Waals surface area (Å²) in [5.74, 6) is 2.24. The molecule has 37 heavy (non-hydrogen) atoms. The first kappa shape index (κ1) is 24.5. The van der Waals surface area contributed by atoms with Gasteiger partial charge in [0.1, 0.15) is 18.1 Å². The van der Waals surface area contributed by atoms with Crippen LogP contribution in [-0.4, -0.2) is 37.2 Å². The topological polar surface area (TPSA) is 102 Å². The molecule has 3 heterocycles. The minimum atomic E-state index is -0.133. The van der Waals surface area contributed by atoms with Crippen LogP contribution >= 0.6 is 0 Å². The molecule has 5 aromatic rings. The van der Waals surface area contributed by atoms with Gasteiger partial charge in [-0.15, -0.1) is 5.10 Å². The summed E-state index contributed by atoms with van der Waals surface area (Å²) < 4.78 is 12.7. The fraction of sp³-hybridized carbons (Fsp3) is 0.286. The highest BCUT2D eigenvalue weighted by Gasteiger charge is 2.26. The Bertz CT molecular complexity index is 1520. The van der Waals surface area contributed by atoms with Crippen molar-refractivity contribution in [1.29, 1.82) is 0 Å². The Morgan fingerprint density at radius 2 is 1.95 bits per heavy atom. The van der Waals surface area contributed by atoms with Crippen molar-refractivity contribution in [2.24, 2.45) is 0 Å². The van der Waals surface area contributed by atoms with Gasteiger partial charge in [0, 0.05) is 29.6 Å². The van der Waals surface area contributed by atoms with E-state index in [1.807, 2.05) is 36.4 Å². The summed E-state index contributed by atoms with van der Waals surface area (Å²) in [5, 5.41) is 13.5. The standard InChI is InChI=1S/C28H30N6O3/c1-4-26(27-30-31-32-34(27)18-24-6-5-13-37-24)33(16-20-9-7-19(2)8-10-20)17-22-14-21-15-23(36-3)11-12-25(21)29-28(22)35/h5-15,26H,4,16-18H2,1-3H3,(H,29,35). The molecular weight excluding hydrogens is 468 g/mol. The molecule has 0 aliphatic carbocycles. The second kappa shape index (κ2) is 10.8. The number of tetrazole rings is 1. The van der Waals surface area contributed by atoms with Crippen molar-refractivity contribution in [1.82, 2.24) is 30.1 Å². The van der Waals surface area contributed by atoms with Crippen LogP contribution in [0.1, 0.15) is 47.7 Å². The quantitative estimate of drug-likeness (QED) is 0.300. The number of aromatic amines is 1. The van der Waals surface area contributed by atoms with Gasteiger partial charge in [-0.25, -0.2) is 4.68 Å². The molecule has 1 unspecified atom stereocenters. The van der Waals surface area contributed by atoms with E-state index < -0.39 is 0 Å². The molecular formula is C28H30N6O3. The second-order valence-corrected chi connectivity index (χ2v) is 9.17. The molecule has 0 aliphatic heterocycles. The molecule has 0 fully saturated rings. The van der Waals surface area contributed by atoms with E-state index in [1.165, 1.54) is 5.56 Å². The lowest BCUT2D eigenvalue weighted by Crippen LogP contribution is -2.32. The SMILES string of the molecule is CCC(c1nnnn1Cc1ccco1)N(Cc1ccc(C)cc1)Cc1cc2cc(OC)ccc2[nH]c1=O. The van der Waals surface area contributed by atoms with Crippen molar-refractivity contribution in [2.45, 2.75) is 45.9 Å². The van der Waals surface area contributed by atoms with Crippen molar-refractivity contribution >= 4 is 10.9 Å². The Hall–Kier alpha value is -4.24. The molecule has 1 N–H and O–H groups in total. The lowest BCUT2D eigenvalue weighted by Gasteiger charge is -2.30. The molecule has 0 radical (unpaired) electrons. The molecule has 0 spiro atoms. The number of ether oxygens (including phenoxy) is 1. The summed E-state index contributed by atoms with van der Waals surface area (Å²) in [6.45, 7) is 5.65. The number of hydrogen-bond acceptors (Lipinski definition) is 7. The zero-order chi connectivity index (χ0) is 25.8. The van der Waals surface area contributed by atoms with Gasteiger partial charge in [-0.1, -0.05) is 36.8 Å². The highest BCUT2D eigenvalue weighted by atomic mass is 16.5. The van der Waals surface area contributed by atoms with Crippen LogP contribution in [0, 0.1) is 6.92 Å². The van der Waals surface area contributed by atoms with Crippen molar-refractivity contribution in [2.75, 3.05) is 7.11 Å². The van der Waals surface area contributed by atoms with Gasteiger partial charge in [-0.2, -0.15) is 0 Å². The maximum atomic E-state index is 13.1. The van der Waals surface area contributed by atoms with Crippen LogP contribution in [0.4, 0.5) is 0 Å². The van der Waals surface area contributed by atoms with Crippen LogP contribution in [0.5, 0.6) is 5.75 Å². The monoisotopic (exact) mass is 498 g/mol. The Morgan fingerprint density at radius 1 is 1.11 bits per heavy atom. The molecule has 9 heteroatoms. The first-order chi connectivity index (χ1) is 18.0. The predicted octanol–water partition coefficient (Wildman–Crippen LogP) is 4.63. The van der Waals surface area contributed by atoms with Gasteiger partial charge in [-0.3, -0.25) is 9.69 Å². The second-order valence-electron chi connectivity index (χ2n) is 9.17. The number of aryl methyl sites for hydroxylation is 1. The fourth-order valence-corrected chi connectivity index (χ4v) is 4.61. The minimum absolute atomic E-state index is 0.114. The number of furan rings is 1. The largest absolute Gasteiger partial charge is 0.497 e. The number of rotatable bonds is 10. The van der Waals surface area contributed by atoms with E-state index >= 15 is 0 Å². The lowest BCUT2D eigenvalue weighted by atomic mass is 10.1. The number of methoxy groups -OCH3 is 1. The molecule has 3 aromatic heterocycles. The van der Waals surface area contributed by atoms with E-state index in [-0.39, 0.29) is 11.6 Å². The van der Waals surface area contributed by atoms with E-state index in [0.717, 1.165) is 40.2 Å². The van der Waals surface area contributed by atoms with Gasteiger partial charge in [0.15, 0.2) is 5.82 Å². The van der Waals surface area contributed by atoms with E-state index in [4.69, 9.17) is 9.15 Å². The van der Waals surface area contributed by atoms with Crippen LogP contribution < -0.4 is 10.3 Å². The zero-order valence-corrected chi connectivity index (χ0v) is 21.2. The van der Waals surface area contributed by atoms with Gasteiger partial charge >= 0.3 is 0 Å². The van der Waals surface area contributed by atoms with Gasteiger partial charge in [-0.05, 0) is 65.7 Å². The number of hydrogen-bond donors (Lipinski definition) is 1. The van der Waals surface area contributed by atoms with Gasteiger partial charge in [0.25, 0.3) is 5.56 Å². The predicted molar refractivity (Wildman–Crippen MR) is 140 cm³/mol. The molecule has 5 rings (SSSR count). The summed E-state index contributed by atoms with van der Waals surface area (Å²) >= 11 is 0. The van der Waals surface area contributed by atoms with Crippen LogP contribution in [-0.2, 0) is 19.6 Å². The molecule has 0 aliphatic rings. The normalized spacial score (nSPS) is 12.3. The van der Waals surface area contributed by atoms with Crippen molar-refractivity contribution < 1.29 is 9.15 Å². The van der Waals surface area contributed by atoms with Crippen LogP contribution in [0.3, 0.4) is 0 Å². The van der Waals surface area contributed by atoms with Crippen LogP contribution in [0.25, 0.3) is 10.9 Å². The third-order valence-corrected chi connectivity index (χ3v) is 6.58. The highest BCUT2D eigenvalue weighted by Crippen LogP contribution is 2.27. The van der Waals surface area contributed by atoms with Crippen molar-refractivity contribution in [3.8, 4) is 5.75 Å². The van der Waals surface area contributed by atoms with E-state index in [9.17, 15) is 4.79 Å². The summed E-state index contributed by atoms with van der Waals surface area (Å²) in [6.07, 6.45) is 2.39. The number of benzene rings is 2. The number of nitrogens with one attached hydrogen (secondary N) is 1. The van der Waals surface area contributed by atoms with E-state index in [2.05, 4.69) is 63.5 Å². The third kappa shape index (κ3) is 5.46.